The fraction of sp³-hybridized carbons (Fsp3) is 0.739. The minimum atomic E-state index is -0.410. The topological polar surface area (TPSA) is 75.4 Å². The van der Waals surface area contributed by atoms with E-state index in [1.807, 2.05) is 6.07 Å². The van der Waals surface area contributed by atoms with Gasteiger partial charge in [0.25, 0.3) is 0 Å². The van der Waals surface area contributed by atoms with Crippen LogP contribution in [-0.4, -0.2) is 36.0 Å². The van der Waals surface area contributed by atoms with Crippen molar-refractivity contribution in [2.75, 3.05) is 19.8 Å². The van der Waals surface area contributed by atoms with Crippen LogP contribution < -0.4 is 4.74 Å². The summed E-state index contributed by atoms with van der Waals surface area (Å²) in [7, 11) is 0. The van der Waals surface area contributed by atoms with Gasteiger partial charge in [-0.25, -0.2) is 4.98 Å². The molecule has 0 aliphatic heterocycles. The van der Waals surface area contributed by atoms with Crippen LogP contribution in [0.3, 0.4) is 0 Å². The number of ether oxygens (including phenoxy) is 2. The van der Waals surface area contributed by atoms with Crippen LogP contribution >= 0.6 is 0 Å². The van der Waals surface area contributed by atoms with E-state index < -0.39 is 6.10 Å². The predicted octanol–water partition coefficient (Wildman–Crippen LogP) is 5.41. The predicted molar refractivity (Wildman–Crippen MR) is 112 cm³/mol. The molecular weight excluding hydrogens is 352 g/mol. The molecule has 0 bridgehead atoms. The van der Waals surface area contributed by atoms with E-state index in [1.165, 1.54) is 76.8 Å². The van der Waals surface area contributed by atoms with Gasteiger partial charge in [-0.3, -0.25) is 0 Å². The third kappa shape index (κ3) is 12.7. The number of pyridine rings is 1. The molecule has 28 heavy (non-hydrogen) atoms. The lowest BCUT2D eigenvalue weighted by Crippen LogP contribution is -2.27. The lowest BCUT2D eigenvalue weighted by Gasteiger charge is -2.16. The zero-order valence-corrected chi connectivity index (χ0v) is 17.6. The summed E-state index contributed by atoms with van der Waals surface area (Å²) in [5.41, 5.74) is 0.344. The minimum absolute atomic E-state index is 0.113. The molecule has 0 fully saturated rings. The minimum Gasteiger partial charge on any atom is -0.484 e. The number of aliphatic hydroxyl groups excluding tert-OH is 1. The van der Waals surface area contributed by atoms with Crippen molar-refractivity contribution in [1.82, 2.24) is 4.98 Å². The highest BCUT2D eigenvalue weighted by Gasteiger charge is 2.10. The third-order valence-electron chi connectivity index (χ3n) is 4.80. The van der Waals surface area contributed by atoms with Crippen LogP contribution in [0.15, 0.2) is 18.3 Å². The Kier molecular flexibility index (Phi) is 15.2. The number of aromatic nitrogens is 1. The molecule has 0 radical (unpaired) electrons. The van der Waals surface area contributed by atoms with Gasteiger partial charge in [-0.15, -0.1) is 0 Å². The Hall–Kier alpha value is -1.64. The molecule has 5 heteroatoms. The van der Waals surface area contributed by atoms with Crippen LogP contribution in [0.25, 0.3) is 0 Å². The van der Waals surface area contributed by atoms with Gasteiger partial charge in [0.05, 0.1) is 19.4 Å². The molecule has 0 saturated heterocycles. The second-order valence-corrected chi connectivity index (χ2v) is 7.38. The molecular formula is C23H38N2O3. The zero-order valence-electron chi connectivity index (χ0n) is 17.6. The maximum absolute atomic E-state index is 9.41. The van der Waals surface area contributed by atoms with Gasteiger partial charge in [-0.05, 0) is 18.6 Å². The van der Waals surface area contributed by atoms with Gasteiger partial charge in [-0.1, -0.05) is 77.6 Å². The van der Waals surface area contributed by atoms with E-state index in [9.17, 15) is 5.11 Å². The third-order valence-corrected chi connectivity index (χ3v) is 4.80. The number of unbranched alkanes of at least 4 members (excludes halogenated alkanes) is 11. The van der Waals surface area contributed by atoms with Gasteiger partial charge in [0.1, 0.15) is 23.6 Å². The highest BCUT2D eigenvalue weighted by molar-refractivity contribution is 5.26. The van der Waals surface area contributed by atoms with Crippen LogP contribution in [0, 0.1) is 11.3 Å². The molecule has 1 N–H and O–H groups in total. The highest BCUT2D eigenvalue weighted by atomic mass is 16.5. The Morgan fingerprint density at radius 1 is 0.964 bits per heavy atom. The Morgan fingerprint density at radius 2 is 1.57 bits per heavy atom. The highest BCUT2D eigenvalue weighted by Crippen LogP contribution is 2.13. The first kappa shape index (κ1) is 24.4. The number of hydrogen-bond acceptors (Lipinski definition) is 5. The number of hydrogen-bond donors (Lipinski definition) is 1. The second kappa shape index (κ2) is 17.5. The molecule has 1 aromatic heterocycles. The maximum Gasteiger partial charge on any atom is 0.145 e. The summed E-state index contributed by atoms with van der Waals surface area (Å²) in [4.78, 5) is 3.95. The van der Waals surface area contributed by atoms with Crippen molar-refractivity contribution in [2.45, 2.75) is 90.1 Å². The van der Waals surface area contributed by atoms with Crippen molar-refractivity contribution in [1.29, 1.82) is 5.26 Å². The molecule has 0 aliphatic rings. The van der Waals surface area contributed by atoms with Gasteiger partial charge in [0, 0.05) is 6.61 Å². The van der Waals surface area contributed by atoms with E-state index >= 15 is 0 Å². The van der Waals surface area contributed by atoms with E-state index in [1.54, 1.807) is 12.1 Å². The number of nitriles is 1. The van der Waals surface area contributed by atoms with Crippen molar-refractivity contribution in [3.63, 3.8) is 0 Å². The fourth-order valence-electron chi connectivity index (χ4n) is 3.09. The van der Waals surface area contributed by atoms with Crippen molar-refractivity contribution in [2.24, 2.45) is 0 Å². The molecule has 0 aromatic carbocycles. The van der Waals surface area contributed by atoms with Crippen molar-refractivity contribution < 1.29 is 14.6 Å². The monoisotopic (exact) mass is 390 g/mol. The summed E-state index contributed by atoms with van der Waals surface area (Å²) in [5.74, 6) is 0.534. The molecule has 0 unspecified atom stereocenters. The van der Waals surface area contributed by atoms with Crippen LogP contribution in [0.4, 0.5) is 0 Å². The maximum atomic E-state index is 9.41. The molecule has 1 rings (SSSR count). The first-order chi connectivity index (χ1) is 13.8. The summed E-state index contributed by atoms with van der Waals surface area (Å²) in [5, 5.41) is 18.2. The normalized spacial score (nSPS) is 11.9. The largest absolute Gasteiger partial charge is 0.484 e. The molecule has 1 atom stereocenters. The van der Waals surface area contributed by atoms with E-state index in [0.717, 1.165) is 6.42 Å². The van der Waals surface area contributed by atoms with Crippen molar-refractivity contribution in [3.05, 3.63) is 24.0 Å². The first-order valence-electron chi connectivity index (χ1n) is 11.0. The first-order valence-corrected chi connectivity index (χ1v) is 11.0. The average molecular weight is 391 g/mol. The van der Waals surface area contributed by atoms with Gasteiger partial charge < -0.3 is 14.6 Å². The van der Waals surface area contributed by atoms with E-state index in [-0.39, 0.29) is 6.61 Å². The molecule has 5 nitrogen and oxygen atoms in total. The summed E-state index contributed by atoms with van der Waals surface area (Å²) in [6.07, 6.45) is 17.0. The summed E-state index contributed by atoms with van der Waals surface area (Å²) in [6.45, 7) is 3.20. The number of rotatable bonds is 18. The van der Waals surface area contributed by atoms with Gasteiger partial charge in [0.2, 0.25) is 0 Å². The average Bonchev–Trinajstić information content (AvgIpc) is 2.73. The molecule has 1 heterocycles. The van der Waals surface area contributed by atoms with E-state index in [2.05, 4.69) is 11.9 Å². The Labute approximate surface area is 171 Å². The second-order valence-electron chi connectivity index (χ2n) is 7.38. The van der Waals surface area contributed by atoms with Crippen molar-refractivity contribution >= 4 is 0 Å². The van der Waals surface area contributed by atoms with Gasteiger partial charge in [-0.2, -0.15) is 5.26 Å². The molecule has 158 valence electrons. The van der Waals surface area contributed by atoms with Gasteiger partial charge in [0.15, 0.2) is 0 Å². The molecule has 0 amide bonds. The zero-order chi connectivity index (χ0) is 20.3. The van der Waals surface area contributed by atoms with E-state index in [4.69, 9.17) is 14.7 Å². The standard InChI is InChI=1S/C23H38N2O3/c1-2-3-4-5-6-7-8-9-10-11-12-13-16-27-20-23(19-26)28-22-15-14-21(17-24)25-18-22/h14-15,18,23,26H,2-13,16,19-20H2,1H3/t23-/m0/s1. The lowest BCUT2D eigenvalue weighted by atomic mass is 10.1. The van der Waals surface area contributed by atoms with Crippen LogP contribution in [0.1, 0.15) is 89.7 Å². The van der Waals surface area contributed by atoms with E-state index in [0.29, 0.717) is 24.7 Å². The van der Waals surface area contributed by atoms with Crippen molar-refractivity contribution in [3.8, 4) is 11.8 Å². The quantitative estimate of drug-likeness (QED) is 0.339. The van der Waals surface area contributed by atoms with Crippen LogP contribution in [0.5, 0.6) is 5.75 Å². The summed E-state index contributed by atoms with van der Waals surface area (Å²) >= 11 is 0. The molecule has 0 spiro atoms. The summed E-state index contributed by atoms with van der Waals surface area (Å²) in [6, 6.07) is 5.24. The molecule has 0 aliphatic carbocycles. The van der Waals surface area contributed by atoms with Crippen LogP contribution in [0.2, 0.25) is 0 Å². The Bertz CT molecular complexity index is 514. The fourth-order valence-corrected chi connectivity index (χ4v) is 3.09. The summed E-state index contributed by atoms with van der Waals surface area (Å²) < 4.78 is 11.3. The molecule has 0 saturated carbocycles. The smallest absolute Gasteiger partial charge is 0.145 e. The Balaban J connectivity index is 1.93. The van der Waals surface area contributed by atoms with Gasteiger partial charge >= 0.3 is 0 Å². The Morgan fingerprint density at radius 3 is 2.07 bits per heavy atom. The number of aliphatic hydroxyl groups is 1. The SMILES string of the molecule is CCCCCCCCCCCCCCOC[C@H](CO)Oc1ccc(C#N)nc1. The van der Waals surface area contributed by atoms with Crippen LogP contribution in [-0.2, 0) is 4.74 Å². The lowest BCUT2D eigenvalue weighted by molar-refractivity contribution is 0.0187. The molecule has 1 aromatic rings. The number of nitrogens with zero attached hydrogens (tertiary/aromatic N) is 2.